The molecule has 0 aliphatic carbocycles. The molecule has 14 heteroatoms. The summed E-state index contributed by atoms with van der Waals surface area (Å²) in [5.74, 6) is -4.92. The van der Waals surface area contributed by atoms with Gasteiger partial charge in [0.25, 0.3) is 0 Å². The number of aliphatic hydroxyl groups excluding tert-OH is 1. The molecule has 0 bridgehead atoms. The number of hydrogen-bond acceptors (Lipinski definition) is 9. The van der Waals surface area contributed by atoms with Gasteiger partial charge in [0.05, 0.1) is 32.8 Å². The van der Waals surface area contributed by atoms with E-state index in [1.54, 1.807) is 0 Å². The molecule has 0 rings (SSSR count). The lowest BCUT2D eigenvalue weighted by molar-refractivity contribution is -0.284. The zero-order valence-corrected chi connectivity index (χ0v) is 34.4. The second-order valence-electron chi connectivity index (χ2n) is 14.0. The normalized spacial score (nSPS) is 12.5. The fraction of sp³-hybridized carbons (Fsp3) is 0.857. The number of aliphatic hydroxyl groups is 1. The molecule has 0 aromatic carbocycles. The van der Waals surface area contributed by atoms with Crippen LogP contribution in [0.2, 0.25) is 0 Å². The van der Waals surface area contributed by atoms with Crippen LogP contribution in [0, 0.1) is 0 Å². The predicted molar refractivity (Wildman–Crippen MR) is 210 cm³/mol. The summed E-state index contributed by atoms with van der Waals surface area (Å²) in [7, 11) is 0. The van der Waals surface area contributed by atoms with Gasteiger partial charge in [0.1, 0.15) is 0 Å². The van der Waals surface area contributed by atoms with Crippen LogP contribution < -0.4 is 0 Å². The molecule has 56 heavy (non-hydrogen) atoms. The fourth-order valence-electron chi connectivity index (χ4n) is 5.61. The van der Waals surface area contributed by atoms with Gasteiger partial charge in [-0.3, -0.25) is 4.79 Å². The molecule has 0 fully saturated rings. The van der Waals surface area contributed by atoms with E-state index < -0.39 is 31.0 Å². The van der Waals surface area contributed by atoms with Gasteiger partial charge in [0.15, 0.2) is 6.29 Å². The number of carbonyl (C=O) groups excluding carboxylic acids is 2. The molecule has 0 aromatic heterocycles. The highest BCUT2D eigenvalue weighted by Crippen LogP contribution is 2.39. The largest absolute Gasteiger partial charge is 0.508 e. The Kier molecular flexibility index (Phi) is 35.5. The lowest BCUT2D eigenvalue weighted by atomic mass is 10.1. The molecular weight excluding hydrogens is 741 g/mol. The average molecular weight is 816 g/mol. The van der Waals surface area contributed by atoms with Gasteiger partial charge >= 0.3 is 24.2 Å². The van der Waals surface area contributed by atoms with E-state index in [0.717, 1.165) is 103 Å². The van der Waals surface area contributed by atoms with E-state index in [1.807, 2.05) is 0 Å². The number of rotatable bonds is 39. The summed E-state index contributed by atoms with van der Waals surface area (Å²) < 4.78 is 89.7. The molecule has 0 spiro atoms. The highest BCUT2D eigenvalue weighted by molar-refractivity contribution is 5.69. The summed E-state index contributed by atoms with van der Waals surface area (Å²) in [5.41, 5.74) is 0. The van der Waals surface area contributed by atoms with Gasteiger partial charge in [-0.05, 0) is 109 Å². The molecule has 0 aliphatic heterocycles. The number of carbonyl (C=O) groups is 2. The summed E-state index contributed by atoms with van der Waals surface area (Å²) in [6.07, 6.45) is 16.3. The van der Waals surface area contributed by atoms with Crippen molar-refractivity contribution >= 4 is 12.1 Å². The Morgan fingerprint density at radius 1 is 0.589 bits per heavy atom. The van der Waals surface area contributed by atoms with E-state index in [-0.39, 0.29) is 45.1 Å². The Balaban J connectivity index is 4.03. The number of ether oxygens (including phenoxy) is 5. The maximum atomic E-state index is 12.9. The van der Waals surface area contributed by atoms with Crippen molar-refractivity contribution in [2.24, 2.45) is 0 Å². The number of nitrogens with zero attached hydrogens (tertiary/aromatic N) is 1. The highest BCUT2D eigenvalue weighted by Gasteiger charge is 2.56. The van der Waals surface area contributed by atoms with Gasteiger partial charge in [-0.1, -0.05) is 63.8 Å². The van der Waals surface area contributed by atoms with Gasteiger partial charge in [0.2, 0.25) is 0 Å². The summed E-state index contributed by atoms with van der Waals surface area (Å²) in [6.45, 7) is 8.34. The Labute approximate surface area is 334 Å². The van der Waals surface area contributed by atoms with Crippen molar-refractivity contribution in [2.45, 2.75) is 173 Å². The van der Waals surface area contributed by atoms with Crippen LogP contribution in [0.15, 0.2) is 24.3 Å². The molecule has 1 N–H and O–H groups in total. The number of halogens is 5. The topological polar surface area (TPSA) is 104 Å². The number of alkyl halides is 5. The van der Waals surface area contributed by atoms with Crippen LogP contribution in [0.4, 0.5) is 26.7 Å². The van der Waals surface area contributed by atoms with Gasteiger partial charge < -0.3 is 33.7 Å². The van der Waals surface area contributed by atoms with Gasteiger partial charge in [-0.15, -0.1) is 0 Å². The molecule has 0 saturated heterocycles. The number of esters is 1. The minimum absolute atomic E-state index is 0.0119. The van der Waals surface area contributed by atoms with Crippen LogP contribution in [-0.2, 0) is 28.5 Å². The van der Waals surface area contributed by atoms with Crippen molar-refractivity contribution in [3.8, 4) is 0 Å². The lowest BCUT2D eigenvalue weighted by Gasteiger charge is -2.21. The molecule has 0 atom stereocenters. The first kappa shape index (κ1) is 53.7. The number of unbranched alkanes of at least 4 members (excludes halogenated alkanes) is 12. The number of allylic oxidation sites excluding steroid dienone is 4. The van der Waals surface area contributed by atoms with Crippen molar-refractivity contribution in [3.05, 3.63) is 24.3 Å². The molecule has 0 saturated carbocycles. The summed E-state index contributed by atoms with van der Waals surface area (Å²) >= 11 is 0. The third-order valence-electron chi connectivity index (χ3n) is 8.93. The Morgan fingerprint density at radius 3 is 1.55 bits per heavy atom. The molecule has 0 radical (unpaired) electrons. The monoisotopic (exact) mass is 816 g/mol. The highest BCUT2D eigenvalue weighted by atomic mass is 19.4. The van der Waals surface area contributed by atoms with Gasteiger partial charge in [0, 0.05) is 32.6 Å². The molecule has 330 valence electrons. The third-order valence-corrected chi connectivity index (χ3v) is 8.93. The zero-order chi connectivity index (χ0) is 41.6. The SMILES string of the molecule is CC/C=C\CCCCOC(CCC(=O)OCCCCCCN(CCO)CCCCCOC(=O)OCCCCCCC(F)(F)C(F)(F)F)OCCCC/C=C\CC. The molecule has 0 amide bonds. The summed E-state index contributed by atoms with van der Waals surface area (Å²) in [6, 6.07) is 0. The van der Waals surface area contributed by atoms with Crippen molar-refractivity contribution in [3.63, 3.8) is 0 Å². The van der Waals surface area contributed by atoms with Crippen LogP contribution in [0.5, 0.6) is 0 Å². The van der Waals surface area contributed by atoms with Crippen LogP contribution in [0.1, 0.15) is 155 Å². The summed E-state index contributed by atoms with van der Waals surface area (Å²) in [4.78, 5) is 26.3. The van der Waals surface area contributed by atoms with E-state index in [4.69, 9.17) is 23.7 Å². The second kappa shape index (κ2) is 37.0. The van der Waals surface area contributed by atoms with Gasteiger partial charge in [-0.25, -0.2) is 4.79 Å². The average Bonchev–Trinajstić information content (AvgIpc) is 3.15. The van der Waals surface area contributed by atoms with E-state index in [2.05, 4.69) is 43.1 Å². The zero-order valence-electron chi connectivity index (χ0n) is 34.4. The molecule has 0 unspecified atom stereocenters. The quantitative estimate of drug-likeness (QED) is 0.0213. The minimum atomic E-state index is -5.53. The first-order chi connectivity index (χ1) is 27.0. The molecule has 0 aromatic rings. The predicted octanol–water partition coefficient (Wildman–Crippen LogP) is 11.3. The Morgan fingerprint density at radius 2 is 1.05 bits per heavy atom. The molecule has 0 heterocycles. The van der Waals surface area contributed by atoms with E-state index in [9.17, 15) is 36.6 Å². The second-order valence-corrected chi connectivity index (χ2v) is 14.0. The maximum Gasteiger partial charge on any atom is 0.508 e. The molecule has 9 nitrogen and oxygen atoms in total. The van der Waals surface area contributed by atoms with E-state index in [1.165, 1.54) is 0 Å². The van der Waals surface area contributed by atoms with Crippen molar-refractivity contribution < 1.29 is 60.3 Å². The summed E-state index contributed by atoms with van der Waals surface area (Å²) in [5, 5.41) is 9.46. The fourth-order valence-corrected chi connectivity index (χ4v) is 5.61. The molecular formula is C42H74F5NO8. The standard InChI is InChI=1S/C42H74F5NO8/c1-3-5-7-9-13-22-34-53-39(54-35-23-14-10-8-6-4-2)27-26-38(50)52-33-21-16-12-19-29-48(31-32-49)30-20-17-25-37-56-40(51)55-36-24-15-11-18-28-41(43,44)42(45,46)47/h5-8,39,49H,3-4,9-37H2,1-2H3/b7-5-,8-6-. The number of hydrogen-bond donors (Lipinski definition) is 1. The van der Waals surface area contributed by atoms with Crippen LogP contribution in [-0.4, -0.2) is 99.8 Å². The molecule has 0 aliphatic rings. The van der Waals surface area contributed by atoms with E-state index >= 15 is 0 Å². The first-order valence-corrected chi connectivity index (χ1v) is 21.2. The Hall–Kier alpha value is -2.29. The van der Waals surface area contributed by atoms with Crippen LogP contribution >= 0.6 is 0 Å². The third kappa shape index (κ3) is 33.8. The van der Waals surface area contributed by atoms with Crippen molar-refractivity contribution in [2.75, 3.05) is 59.3 Å². The lowest BCUT2D eigenvalue weighted by Crippen LogP contribution is -2.36. The smallest absolute Gasteiger partial charge is 0.466 e. The van der Waals surface area contributed by atoms with Crippen LogP contribution in [0.25, 0.3) is 0 Å². The van der Waals surface area contributed by atoms with E-state index in [0.29, 0.717) is 52.0 Å². The maximum absolute atomic E-state index is 12.9. The van der Waals surface area contributed by atoms with Crippen molar-refractivity contribution in [1.82, 2.24) is 4.90 Å². The minimum Gasteiger partial charge on any atom is -0.466 e. The van der Waals surface area contributed by atoms with Gasteiger partial charge in [-0.2, -0.15) is 22.0 Å². The van der Waals surface area contributed by atoms with Crippen LogP contribution in [0.3, 0.4) is 0 Å². The Bertz CT molecular complexity index is 959. The first-order valence-electron chi connectivity index (χ1n) is 21.2. The van der Waals surface area contributed by atoms with Crippen molar-refractivity contribution in [1.29, 1.82) is 0 Å².